The van der Waals surface area contributed by atoms with E-state index < -0.39 is 28.5 Å². The highest BCUT2D eigenvalue weighted by Gasteiger charge is 2.55. The summed E-state index contributed by atoms with van der Waals surface area (Å²) >= 11 is 11.7. The summed E-state index contributed by atoms with van der Waals surface area (Å²) in [4.78, 5) is 11.7. The van der Waals surface area contributed by atoms with Crippen LogP contribution in [0.1, 0.15) is 6.92 Å². The molecule has 0 fully saturated rings. The van der Waals surface area contributed by atoms with Crippen LogP contribution in [0.2, 0.25) is 10.0 Å². The van der Waals surface area contributed by atoms with Crippen LogP contribution >= 0.6 is 23.2 Å². The topological polar surface area (TPSA) is 86.6 Å². The Morgan fingerprint density at radius 2 is 1.87 bits per heavy atom. The molecule has 23 heavy (non-hydrogen) atoms. The van der Waals surface area contributed by atoms with Crippen molar-refractivity contribution in [2.45, 2.75) is 23.6 Å². The molecule has 0 aliphatic heterocycles. The van der Waals surface area contributed by atoms with Gasteiger partial charge in [-0.3, -0.25) is 9.00 Å². The number of halogens is 5. The third-order valence-electron chi connectivity index (χ3n) is 2.81. The summed E-state index contributed by atoms with van der Waals surface area (Å²) in [7, 11) is -1.67. The Bertz CT molecular complexity index is 637. The number of hydrogen-bond donors (Lipinski definition) is 3. The third kappa shape index (κ3) is 4.36. The van der Waals surface area contributed by atoms with Crippen LogP contribution in [-0.4, -0.2) is 44.5 Å². The van der Waals surface area contributed by atoms with Gasteiger partial charge in [0.1, 0.15) is 0 Å². The lowest BCUT2D eigenvalue weighted by molar-refractivity contribution is -0.242. The number of aliphatic hydroxyl groups is 2. The van der Waals surface area contributed by atoms with Gasteiger partial charge in [-0.1, -0.05) is 23.2 Å². The third-order valence-corrected chi connectivity index (χ3v) is 5.19. The predicted octanol–water partition coefficient (Wildman–Crippen LogP) is 2.35. The second-order valence-electron chi connectivity index (χ2n) is 4.54. The molecule has 0 aliphatic carbocycles. The number of carbonyl (C=O) groups excluding carboxylic acids is 1. The number of rotatable bonds is 5. The molecule has 3 N–H and O–H groups in total. The Kier molecular flexibility index (Phi) is 6.45. The molecule has 2 atom stereocenters. The van der Waals surface area contributed by atoms with E-state index in [-0.39, 0.29) is 33.0 Å². The van der Waals surface area contributed by atoms with E-state index >= 15 is 0 Å². The Balaban J connectivity index is 3.11. The normalized spacial score (nSPS) is 15.8. The van der Waals surface area contributed by atoms with E-state index in [0.29, 0.717) is 6.92 Å². The molecule has 1 amide bonds. The van der Waals surface area contributed by atoms with Crippen molar-refractivity contribution >= 4 is 45.6 Å². The van der Waals surface area contributed by atoms with Crippen molar-refractivity contribution in [3.05, 3.63) is 22.2 Å². The van der Waals surface area contributed by atoms with E-state index in [0.717, 1.165) is 6.07 Å². The number of carbonyl (C=O) groups is 1. The molecule has 0 saturated heterocycles. The molecule has 0 heterocycles. The quantitative estimate of drug-likeness (QED) is 0.716. The minimum atomic E-state index is -5.18. The molecule has 11 heteroatoms. The fourth-order valence-electron chi connectivity index (χ4n) is 1.37. The highest BCUT2D eigenvalue weighted by Crippen LogP contribution is 2.36. The number of anilines is 1. The average molecular weight is 394 g/mol. The van der Waals surface area contributed by atoms with Gasteiger partial charge in [-0.15, -0.1) is 0 Å². The van der Waals surface area contributed by atoms with E-state index in [4.69, 9.17) is 28.3 Å². The largest absolute Gasteiger partial charge is 0.426 e. The van der Waals surface area contributed by atoms with Gasteiger partial charge in [0.25, 0.3) is 5.91 Å². The number of aliphatic hydroxyl groups excluding tert-OH is 1. The van der Waals surface area contributed by atoms with Gasteiger partial charge < -0.3 is 15.5 Å². The lowest BCUT2D eigenvalue weighted by Gasteiger charge is -2.25. The molecule has 1 aromatic rings. The molecule has 1 unspecified atom stereocenters. The zero-order valence-electron chi connectivity index (χ0n) is 11.6. The van der Waals surface area contributed by atoms with Crippen LogP contribution in [0.5, 0.6) is 0 Å². The number of nitrogens with one attached hydrogen (secondary N) is 1. The molecule has 0 radical (unpaired) electrons. The number of hydrogen-bond acceptors (Lipinski definition) is 4. The van der Waals surface area contributed by atoms with E-state index in [1.807, 2.05) is 5.32 Å². The summed E-state index contributed by atoms with van der Waals surface area (Å²) < 4.78 is 49.5. The minimum Gasteiger partial charge on any atom is -0.395 e. The van der Waals surface area contributed by atoms with Gasteiger partial charge in [0.2, 0.25) is 5.60 Å². The number of alkyl halides is 3. The van der Waals surface area contributed by atoms with Crippen molar-refractivity contribution in [3.63, 3.8) is 0 Å². The van der Waals surface area contributed by atoms with Crippen molar-refractivity contribution in [1.82, 2.24) is 0 Å². The molecule has 0 aliphatic rings. The van der Waals surface area contributed by atoms with E-state index in [1.165, 1.54) is 6.07 Å². The van der Waals surface area contributed by atoms with Gasteiger partial charge in [-0.25, -0.2) is 0 Å². The zero-order chi connectivity index (χ0) is 18.0. The van der Waals surface area contributed by atoms with Crippen LogP contribution < -0.4 is 5.32 Å². The van der Waals surface area contributed by atoms with E-state index in [1.54, 1.807) is 0 Å². The van der Waals surface area contributed by atoms with Crippen LogP contribution in [0.15, 0.2) is 17.0 Å². The Morgan fingerprint density at radius 3 is 2.35 bits per heavy atom. The predicted molar refractivity (Wildman–Crippen MR) is 80.1 cm³/mol. The van der Waals surface area contributed by atoms with Crippen LogP contribution in [0.3, 0.4) is 0 Å². The SMILES string of the molecule is C[C@@](O)(C(=O)Nc1ccc(S(=O)CCO)c(Cl)c1Cl)C(F)(F)F. The van der Waals surface area contributed by atoms with Gasteiger partial charge in [-0.05, 0) is 19.1 Å². The molecule has 0 saturated carbocycles. The molecule has 0 spiro atoms. The maximum absolute atomic E-state index is 12.6. The first-order chi connectivity index (χ1) is 10.4. The highest BCUT2D eigenvalue weighted by molar-refractivity contribution is 7.85. The molecular weight excluding hydrogens is 382 g/mol. The minimum absolute atomic E-state index is 0.0614. The fraction of sp³-hybridized carbons (Fsp3) is 0.417. The van der Waals surface area contributed by atoms with Gasteiger partial charge in [0.05, 0.1) is 43.8 Å². The molecule has 5 nitrogen and oxygen atoms in total. The van der Waals surface area contributed by atoms with Crippen molar-refractivity contribution in [2.24, 2.45) is 0 Å². The summed E-state index contributed by atoms with van der Waals surface area (Å²) in [6, 6.07) is 2.29. The number of benzene rings is 1. The molecule has 0 aromatic heterocycles. The van der Waals surface area contributed by atoms with Crippen LogP contribution in [0.4, 0.5) is 18.9 Å². The van der Waals surface area contributed by atoms with Crippen molar-refractivity contribution in [2.75, 3.05) is 17.7 Å². The highest BCUT2D eigenvalue weighted by atomic mass is 35.5. The molecule has 1 aromatic carbocycles. The summed E-state index contributed by atoms with van der Waals surface area (Å²) in [6.07, 6.45) is -5.18. The summed E-state index contributed by atoms with van der Waals surface area (Å²) in [5.41, 5.74) is -3.91. The average Bonchev–Trinajstić information content (AvgIpc) is 2.42. The van der Waals surface area contributed by atoms with Crippen LogP contribution in [0.25, 0.3) is 0 Å². The molecule has 130 valence electrons. The summed E-state index contributed by atoms with van der Waals surface area (Å²) in [5, 5.41) is 19.3. The van der Waals surface area contributed by atoms with Gasteiger partial charge in [0.15, 0.2) is 0 Å². The first-order valence-corrected chi connectivity index (χ1v) is 8.08. The summed E-state index contributed by atoms with van der Waals surface area (Å²) in [6.45, 7) is -0.0734. The standard InChI is InChI=1S/C12H12Cl2F3NO4S/c1-11(21,12(15,16)17)10(20)18-6-2-3-7(9(14)8(6)13)23(22)5-4-19/h2-3,19,21H,4-5H2,1H3,(H,18,20)/t11-,23?/m1/s1. The lowest BCUT2D eigenvalue weighted by atomic mass is 10.1. The summed E-state index contributed by atoms with van der Waals surface area (Å²) in [5.74, 6) is -1.85. The van der Waals surface area contributed by atoms with Gasteiger partial charge >= 0.3 is 6.18 Å². The van der Waals surface area contributed by atoms with E-state index in [9.17, 15) is 27.3 Å². The molecule has 1 rings (SSSR count). The van der Waals surface area contributed by atoms with Crippen molar-refractivity contribution in [1.29, 1.82) is 0 Å². The first kappa shape index (κ1) is 20.2. The van der Waals surface area contributed by atoms with Crippen molar-refractivity contribution < 1.29 is 32.4 Å². The van der Waals surface area contributed by atoms with Crippen LogP contribution in [-0.2, 0) is 15.6 Å². The van der Waals surface area contributed by atoms with Crippen LogP contribution in [0, 0.1) is 0 Å². The van der Waals surface area contributed by atoms with Gasteiger partial charge in [-0.2, -0.15) is 13.2 Å². The maximum Gasteiger partial charge on any atom is 0.426 e. The molecular formula is C12H12Cl2F3NO4S. The number of amides is 1. The molecule has 0 bridgehead atoms. The van der Waals surface area contributed by atoms with Crippen molar-refractivity contribution in [3.8, 4) is 0 Å². The first-order valence-electron chi connectivity index (χ1n) is 6.01. The second kappa shape index (κ2) is 7.35. The lowest BCUT2D eigenvalue weighted by Crippen LogP contribution is -2.52. The Hall–Kier alpha value is -0.870. The Labute approximate surface area is 141 Å². The monoisotopic (exact) mass is 393 g/mol. The second-order valence-corrected chi connectivity index (χ2v) is 6.83. The fourth-order valence-corrected chi connectivity index (χ4v) is 2.97. The zero-order valence-corrected chi connectivity index (χ0v) is 13.9. The maximum atomic E-state index is 12.6. The van der Waals surface area contributed by atoms with E-state index in [2.05, 4.69) is 0 Å². The smallest absolute Gasteiger partial charge is 0.395 e. The Morgan fingerprint density at radius 1 is 1.30 bits per heavy atom. The van der Waals surface area contributed by atoms with Gasteiger partial charge in [0, 0.05) is 0 Å².